The Kier molecular flexibility index (Phi) is 4.87. The molecule has 0 bridgehead atoms. The van der Waals surface area contributed by atoms with Crippen LogP contribution in [-0.2, 0) is 10.0 Å². The molecular formula is C14H19BrFNO2S. The Balaban J connectivity index is 2.29. The highest BCUT2D eigenvalue weighted by Gasteiger charge is 2.38. The zero-order chi connectivity index (χ0) is 14.8. The van der Waals surface area contributed by atoms with Crippen LogP contribution in [0.3, 0.4) is 0 Å². The van der Waals surface area contributed by atoms with Crippen LogP contribution in [-0.4, -0.2) is 19.3 Å². The lowest BCUT2D eigenvalue weighted by molar-refractivity contribution is 0.241. The fourth-order valence-electron chi connectivity index (χ4n) is 2.90. The van der Waals surface area contributed by atoms with Gasteiger partial charge in [0.2, 0.25) is 10.0 Å². The highest BCUT2D eigenvalue weighted by Crippen LogP contribution is 2.35. The van der Waals surface area contributed by atoms with Crippen molar-refractivity contribution in [2.24, 2.45) is 5.92 Å². The number of rotatable bonds is 4. The predicted molar refractivity (Wildman–Crippen MR) is 80.9 cm³/mol. The van der Waals surface area contributed by atoms with Gasteiger partial charge >= 0.3 is 0 Å². The van der Waals surface area contributed by atoms with Gasteiger partial charge in [0, 0.05) is 10.9 Å². The third kappa shape index (κ3) is 3.40. The van der Waals surface area contributed by atoms with Crippen molar-refractivity contribution in [2.75, 3.05) is 5.33 Å². The summed E-state index contributed by atoms with van der Waals surface area (Å²) >= 11 is 3.42. The van der Waals surface area contributed by atoms with Crippen LogP contribution in [0.25, 0.3) is 0 Å². The van der Waals surface area contributed by atoms with E-state index in [9.17, 15) is 12.8 Å². The van der Waals surface area contributed by atoms with Gasteiger partial charge < -0.3 is 0 Å². The third-order valence-corrected chi connectivity index (χ3v) is 6.51. The van der Waals surface area contributed by atoms with Crippen LogP contribution in [0.2, 0.25) is 0 Å². The monoisotopic (exact) mass is 363 g/mol. The first-order valence-corrected chi connectivity index (χ1v) is 9.33. The van der Waals surface area contributed by atoms with Gasteiger partial charge in [-0.25, -0.2) is 17.5 Å². The quantitative estimate of drug-likeness (QED) is 0.832. The number of hydrogen-bond acceptors (Lipinski definition) is 2. The summed E-state index contributed by atoms with van der Waals surface area (Å²) in [7, 11) is -3.84. The number of nitrogens with one attached hydrogen (secondary N) is 1. The molecule has 1 saturated carbocycles. The minimum Gasteiger partial charge on any atom is -0.207 e. The standard InChI is InChI=1S/C14H19BrFNO2S/c1-11-5-4-8-14(9-11,10-15)17-20(18,19)13-7-3-2-6-12(13)16/h2-3,6-7,11,17H,4-5,8-10H2,1H3. The molecule has 3 nitrogen and oxygen atoms in total. The van der Waals surface area contributed by atoms with Crippen LogP contribution in [0.1, 0.15) is 32.6 Å². The molecule has 1 N–H and O–H groups in total. The number of benzene rings is 1. The van der Waals surface area contributed by atoms with Crippen molar-refractivity contribution in [3.8, 4) is 0 Å². The summed E-state index contributed by atoms with van der Waals surface area (Å²) in [6, 6.07) is 5.48. The Hall–Kier alpha value is -0.460. The summed E-state index contributed by atoms with van der Waals surface area (Å²) in [5, 5.41) is 0.540. The van der Waals surface area contributed by atoms with Crippen molar-refractivity contribution < 1.29 is 12.8 Å². The molecule has 20 heavy (non-hydrogen) atoms. The van der Waals surface area contributed by atoms with E-state index in [-0.39, 0.29) is 4.90 Å². The van der Waals surface area contributed by atoms with Gasteiger partial charge in [-0.1, -0.05) is 47.8 Å². The Morgan fingerprint density at radius 3 is 2.75 bits per heavy atom. The molecule has 2 atom stereocenters. The largest absolute Gasteiger partial charge is 0.244 e. The number of hydrogen-bond donors (Lipinski definition) is 1. The highest BCUT2D eigenvalue weighted by atomic mass is 79.9. The van der Waals surface area contributed by atoms with E-state index in [1.165, 1.54) is 24.3 Å². The maximum Gasteiger partial charge on any atom is 0.244 e. The van der Waals surface area contributed by atoms with Crippen molar-refractivity contribution >= 4 is 26.0 Å². The van der Waals surface area contributed by atoms with Crippen LogP contribution in [0, 0.1) is 11.7 Å². The number of sulfonamides is 1. The van der Waals surface area contributed by atoms with Gasteiger partial charge in [-0.15, -0.1) is 0 Å². The molecule has 1 aromatic rings. The van der Waals surface area contributed by atoms with Gasteiger partial charge in [-0.05, 0) is 30.9 Å². The first-order chi connectivity index (χ1) is 9.38. The second kappa shape index (κ2) is 6.12. The molecule has 1 aromatic carbocycles. The molecule has 0 radical (unpaired) electrons. The van der Waals surface area contributed by atoms with Crippen LogP contribution >= 0.6 is 15.9 Å². The average Bonchev–Trinajstić information content (AvgIpc) is 2.38. The summed E-state index contributed by atoms with van der Waals surface area (Å²) in [6.45, 7) is 2.12. The SMILES string of the molecule is CC1CCCC(CBr)(NS(=O)(=O)c2ccccc2F)C1. The normalized spacial score (nSPS) is 27.4. The topological polar surface area (TPSA) is 46.2 Å². The highest BCUT2D eigenvalue weighted by molar-refractivity contribution is 9.09. The summed E-state index contributed by atoms with van der Waals surface area (Å²) in [6.07, 6.45) is 3.63. The summed E-state index contributed by atoms with van der Waals surface area (Å²) in [5.41, 5.74) is -0.515. The minimum absolute atomic E-state index is 0.279. The molecule has 0 heterocycles. The van der Waals surface area contributed by atoms with Gasteiger partial charge in [-0.2, -0.15) is 0 Å². The van der Waals surface area contributed by atoms with Crippen molar-refractivity contribution in [3.05, 3.63) is 30.1 Å². The van der Waals surface area contributed by atoms with Crippen molar-refractivity contribution in [1.82, 2.24) is 4.72 Å². The van der Waals surface area contributed by atoms with E-state index in [2.05, 4.69) is 27.6 Å². The number of halogens is 2. The average molecular weight is 364 g/mol. The molecule has 6 heteroatoms. The molecule has 0 saturated heterocycles. The maximum absolute atomic E-state index is 13.7. The first-order valence-electron chi connectivity index (χ1n) is 6.73. The second-order valence-electron chi connectivity index (χ2n) is 5.65. The lowest BCUT2D eigenvalue weighted by Crippen LogP contribution is -2.52. The van der Waals surface area contributed by atoms with Crippen LogP contribution in [0.5, 0.6) is 0 Å². The maximum atomic E-state index is 13.7. The minimum atomic E-state index is -3.84. The van der Waals surface area contributed by atoms with Gasteiger partial charge in [0.25, 0.3) is 0 Å². The number of alkyl halides is 1. The third-order valence-electron chi connectivity index (χ3n) is 3.82. The fourth-order valence-corrected chi connectivity index (χ4v) is 5.26. The molecule has 2 rings (SSSR count). The molecule has 0 aromatic heterocycles. The summed E-state index contributed by atoms with van der Waals surface area (Å²) in [5.74, 6) is -0.252. The molecule has 0 spiro atoms. The molecule has 112 valence electrons. The molecular weight excluding hydrogens is 345 g/mol. The van der Waals surface area contributed by atoms with Crippen molar-refractivity contribution in [1.29, 1.82) is 0 Å². The van der Waals surface area contributed by atoms with E-state index < -0.39 is 21.4 Å². The zero-order valence-corrected chi connectivity index (χ0v) is 13.8. The summed E-state index contributed by atoms with van der Waals surface area (Å²) in [4.78, 5) is -0.279. The molecule has 1 aliphatic carbocycles. The van der Waals surface area contributed by atoms with Crippen LogP contribution in [0.4, 0.5) is 4.39 Å². The fraction of sp³-hybridized carbons (Fsp3) is 0.571. The van der Waals surface area contributed by atoms with Crippen LogP contribution < -0.4 is 4.72 Å². The molecule has 2 unspecified atom stereocenters. The van der Waals surface area contributed by atoms with E-state index in [0.29, 0.717) is 11.2 Å². The van der Waals surface area contributed by atoms with E-state index in [1.807, 2.05) is 0 Å². The lowest BCUT2D eigenvalue weighted by Gasteiger charge is -2.39. The summed E-state index contributed by atoms with van der Waals surface area (Å²) < 4.78 is 41.3. The van der Waals surface area contributed by atoms with E-state index in [0.717, 1.165) is 25.7 Å². The van der Waals surface area contributed by atoms with E-state index >= 15 is 0 Å². The molecule has 0 amide bonds. The van der Waals surface area contributed by atoms with E-state index in [1.54, 1.807) is 0 Å². The van der Waals surface area contributed by atoms with Gasteiger partial charge in [0.15, 0.2) is 0 Å². The smallest absolute Gasteiger partial charge is 0.207 e. The van der Waals surface area contributed by atoms with Gasteiger partial charge in [0.05, 0.1) is 0 Å². The zero-order valence-electron chi connectivity index (χ0n) is 11.4. The van der Waals surface area contributed by atoms with Gasteiger partial charge in [-0.3, -0.25) is 0 Å². The van der Waals surface area contributed by atoms with Gasteiger partial charge in [0.1, 0.15) is 10.7 Å². The Morgan fingerprint density at radius 2 is 2.15 bits per heavy atom. The Morgan fingerprint density at radius 1 is 1.45 bits per heavy atom. The van der Waals surface area contributed by atoms with Crippen LogP contribution in [0.15, 0.2) is 29.2 Å². The molecule has 0 aliphatic heterocycles. The molecule has 1 aliphatic rings. The lowest BCUT2D eigenvalue weighted by atomic mass is 9.78. The first kappa shape index (κ1) is 15.9. The Bertz CT molecular complexity index is 578. The Labute approximate surface area is 128 Å². The predicted octanol–water partition coefficient (Wildman–Crippen LogP) is 3.45. The molecule has 1 fully saturated rings. The van der Waals surface area contributed by atoms with E-state index in [4.69, 9.17) is 0 Å². The van der Waals surface area contributed by atoms with Crippen molar-refractivity contribution in [3.63, 3.8) is 0 Å². The van der Waals surface area contributed by atoms with Crippen molar-refractivity contribution in [2.45, 2.75) is 43.0 Å². The second-order valence-corrected chi connectivity index (χ2v) is 7.86.